The summed E-state index contributed by atoms with van der Waals surface area (Å²) >= 11 is 12.3. The second-order valence-electron chi connectivity index (χ2n) is 7.24. The van der Waals surface area contributed by atoms with Gasteiger partial charge in [0.1, 0.15) is 6.04 Å². The van der Waals surface area contributed by atoms with E-state index >= 15 is 0 Å². The van der Waals surface area contributed by atoms with E-state index in [2.05, 4.69) is 5.32 Å². The number of hydrogen-bond acceptors (Lipinski definition) is 2. The summed E-state index contributed by atoms with van der Waals surface area (Å²) in [5.41, 5.74) is 1.84. The molecule has 2 rings (SSSR count). The van der Waals surface area contributed by atoms with Gasteiger partial charge in [0, 0.05) is 29.1 Å². The van der Waals surface area contributed by atoms with Crippen LogP contribution in [0.4, 0.5) is 0 Å². The molecular formula is C23H28Cl2N2O2. The number of amides is 2. The summed E-state index contributed by atoms with van der Waals surface area (Å²) in [5, 5.41) is 3.97. The zero-order chi connectivity index (χ0) is 21.4. The van der Waals surface area contributed by atoms with E-state index in [0.717, 1.165) is 17.5 Å². The Labute approximate surface area is 183 Å². The summed E-state index contributed by atoms with van der Waals surface area (Å²) < 4.78 is 0. The van der Waals surface area contributed by atoms with Gasteiger partial charge in [-0.1, -0.05) is 66.5 Å². The minimum atomic E-state index is -0.612. The molecule has 0 aromatic heterocycles. The normalized spacial score (nSPS) is 12.9. The van der Waals surface area contributed by atoms with Gasteiger partial charge in [0.15, 0.2) is 0 Å². The lowest BCUT2D eigenvalue weighted by Gasteiger charge is -2.30. The second-order valence-corrected chi connectivity index (χ2v) is 8.08. The Balaban J connectivity index is 2.18. The van der Waals surface area contributed by atoms with Crippen molar-refractivity contribution in [1.82, 2.24) is 10.2 Å². The summed E-state index contributed by atoms with van der Waals surface area (Å²) in [6.07, 6.45) is 1.75. The molecule has 0 aliphatic rings. The van der Waals surface area contributed by atoms with Gasteiger partial charge in [0.05, 0.1) is 0 Å². The summed E-state index contributed by atoms with van der Waals surface area (Å²) in [4.78, 5) is 27.4. The number of carbonyl (C=O) groups excluding carboxylic acids is 2. The molecule has 4 nitrogen and oxygen atoms in total. The molecular weight excluding hydrogens is 407 g/mol. The number of nitrogens with zero attached hydrogens (tertiary/aromatic N) is 1. The second kappa shape index (κ2) is 11.2. The molecule has 0 fully saturated rings. The number of benzene rings is 2. The molecule has 0 radical (unpaired) electrons. The van der Waals surface area contributed by atoms with Crippen molar-refractivity contribution in [3.8, 4) is 0 Å². The number of nitrogens with one attached hydrogen (secondary N) is 1. The third-order valence-electron chi connectivity index (χ3n) is 4.99. The lowest BCUT2D eigenvalue weighted by atomic mass is 10.1. The molecule has 2 atom stereocenters. The average molecular weight is 435 g/mol. The Kier molecular flexibility index (Phi) is 8.99. The van der Waals surface area contributed by atoms with E-state index < -0.39 is 6.04 Å². The summed E-state index contributed by atoms with van der Waals surface area (Å²) in [6.45, 7) is 5.95. The Bertz CT molecular complexity index is 827. The van der Waals surface area contributed by atoms with Gasteiger partial charge < -0.3 is 10.2 Å². The van der Waals surface area contributed by atoms with Crippen LogP contribution >= 0.6 is 23.2 Å². The standard InChI is InChI=1S/C23H28Cl2N2O2/c1-4-16(2)26-23(29)17(3)27(15-19-11-12-20(24)14-21(19)25)22(28)13-10-18-8-6-5-7-9-18/h5-9,11-12,14,16-17H,4,10,13,15H2,1-3H3,(H,26,29)/t16-,17-/m0/s1. The molecule has 2 aromatic rings. The average Bonchev–Trinajstić information content (AvgIpc) is 2.71. The molecule has 6 heteroatoms. The summed E-state index contributed by atoms with van der Waals surface area (Å²) in [6, 6.07) is 14.4. The van der Waals surface area contributed by atoms with Crippen LogP contribution in [0.5, 0.6) is 0 Å². The van der Waals surface area contributed by atoms with E-state index in [1.165, 1.54) is 0 Å². The highest BCUT2D eigenvalue weighted by Gasteiger charge is 2.27. The minimum Gasteiger partial charge on any atom is -0.352 e. The summed E-state index contributed by atoms with van der Waals surface area (Å²) in [7, 11) is 0. The molecule has 2 aromatic carbocycles. The lowest BCUT2D eigenvalue weighted by Crippen LogP contribution is -2.49. The molecule has 0 saturated carbocycles. The van der Waals surface area contributed by atoms with E-state index in [1.54, 1.807) is 30.0 Å². The first kappa shape index (κ1) is 23.2. The number of aryl methyl sites for hydroxylation is 1. The van der Waals surface area contributed by atoms with Crippen LogP contribution in [-0.2, 0) is 22.6 Å². The molecule has 2 amide bonds. The third kappa shape index (κ3) is 7.06. The van der Waals surface area contributed by atoms with Crippen LogP contribution in [0.3, 0.4) is 0 Å². The maximum absolute atomic E-state index is 13.1. The lowest BCUT2D eigenvalue weighted by molar-refractivity contribution is -0.140. The predicted octanol–water partition coefficient (Wildman–Crippen LogP) is 5.26. The molecule has 0 aliphatic carbocycles. The van der Waals surface area contributed by atoms with Crippen LogP contribution in [0.15, 0.2) is 48.5 Å². The van der Waals surface area contributed by atoms with Gasteiger partial charge in [-0.25, -0.2) is 0 Å². The van der Waals surface area contributed by atoms with Crippen LogP contribution in [0.25, 0.3) is 0 Å². The molecule has 29 heavy (non-hydrogen) atoms. The van der Waals surface area contributed by atoms with Crippen molar-refractivity contribution < 1.29 is 9.59 Å². The number of carbonyl (C=O) groups is 2. The first-order valence-corrected chi connectivity index (χ1v) is 10.6. The Hall–Kier alpha value is -2.04. The van der Waals surface area contributed by atoms with Crippen molar-refractivity contribution in [2.24, 2.45) is 0 Å². The third-order valence-corrected chi connectivity index (χ3v) is 5.58. The van der Waals surface area contributed by atoms with Gasteiger partial charge in [-0.05, 0) is 49.9 Å². The van der Waals surface area contributed by atoms with E-state index in [9.17, 15) is 9.59 Å². The van der Waals surface area contributed by atoms with Crippen LogP contribution in [0.1, 0.15) is 44.7 Å². The molecule has 0 heterocycles. The fourth-order valence-corrected chi connectivity index (χ4v) is 3.39. The maximum Gasteiger partial charge on any atom is 0.242 e. The van der Waals surface area contributed by atoms with Crippen LogP contribution in [-0.4, -0.2) is 28.8 Å². The fourth-order valence-electron chi connectivity index (χ4n) is 2.92. The van der Waals surface area contributed by atoms with Crippen molar-refractivity contribution in [3.63, 3.8) is 0 Å². The van der Waals surface area contributed by atoms with Crippen molar-refractivity contribution >= 4 is 35.0 Å². The Morgan fingerprint density at radius 1 is 1.07 bits per heavy atom. The smallest absolute Gasteiger partial charge is 0.242 e. The Morgan fingerprint density at radius 2 is 1.76 bits per heavy atom. The molecule has 1 N–H and O–H groups in total. The van der Waals surface area contributed by atoms with Gasteiger partial charge in [0.25, 0.3) is 0 Å². The van der Waals surface area contributed by atoms with Gasteiger partial charge in [0.2, 0.25) is 11.8 Å². The number of hydrogen-bond donors (Lipinski definition) is 1. The predicted molar refractivity (Wildman–Crippen MR) is 119 cm³/mol. The van der Waals surface area contributed by atoms with Gasteiger partial charge in [-0.3, -0.25) is 9.59 Å². The highest BCUT2D eigenvalue weighted by atomic mass is 35.5. The quantitative estimate of drug-likeness (QED) is 0.584. The molecule has 0 saturated heterocycles. The highest BCUT2D eigenvalue weighted by molar-refractivity contribution is 6.35. The monoisotopic (exact) mass is 434 g/mol. The first-order chi connectivity index (χ1) is 13.8. The summed E-state index contributed by atoms with van der Waals surface area (Å²) in [5.74, 6) is -0.260. The van der Waals surface area contributed by atoms with Crippen LogP contribution in [0, 0.1) is 0 Å². The zero-order valence-corrected chi connectivity index (χ0v) is 18.6. The van der Waals surface area contributed by atoms with Gasteiger partial charge >= 0.3 is 0 Å². The zero-order valence-electron chi connectivity index (χ0n) is 17.1. The van der Waals surface area contributed by atoms with Gasteiger partial charge in [-0.2, -0.15) is 0 Å². The minimum absolute atomic E-state index is 0.0466. The van der Waals surface area contributed by atoms with E-state index in [-0.39, 0.29) is 24.4 Å². The van der Waals surface area contributed by atoms with E-state index in [4.69, 9.17) is 23.2 Å². The number of rotatable bonds is 9. The molecule has 0 aliphatic heterocycles. The van der Waals surface area contributed by atoms with Crippen molar-refractivity contribution in [1.29, 1.82) is 0 Å². The SMILES string of the molecule is CC[C@H](C)NC(=O)[C@H](C)N(Cc1ccc(Cl)cc1Cl)C(=O)CCc1ccccc1. The van der Waals surface area contributed by atoms with E-state index in [1.807, 2.05) is 44.2 Å². The molecule has 156 valence electrons. The van der Waals surface area contributed by atoms with Crippen molar-refractivity contribution in [2.75, 3.05) is 0 Å². The van der Waals surface area contributed by atoms with E-state index in [0.29, 0.717) is 22.9 Å². The van der Waals surface area contributed by atoms with Crippen molar-refractivity contribution in [3.05, 3.63) is 69.7 Å². The van der Waals surface area contributed by atoms with Crippen molar-refractivity contribution in [2.45, 2.75) is 58.7 Å². The van der Waals surface area contributed by atoms with Crippen LogP contribution < -0.4 is 5.32 Å². The van der Waals surface area contributed by atoms with Crippen LogP contribution in [0.2, 0.25) is 10.0 Å². The molecule has 0 unspecified atom stereocenters. The van der Waals surface area contributed by atoms with Gasteiger partial charge in [-0.15, -0.1) is 0 Å². The molecule has 0 spiro atoms. The fraction of sp³-hybridized carbons (Fsp3) is 0.391. The molecule has 0 bridgehead atoms. The topological polar surface area (TPSA) is 49.4 Å². The Morgan fingerprint density at radius 3 is 2.38 bits per heavy atom. The number of halogens is 2. The maximum atomic E-state index is 13.1. The highest BCUT2D eigenvalue weighted by Crippen LogP contribution is 2.23. The largest absolute Gasteiger partial charge is 0.352 e. The first-order valence-electron chi connectivity index (χ1n) is 9.89.